The van der Waals surface area contributed by atoms with Crippen molar-refractivity contribution in [3.8, 4) is 12.3 Å². The van der Waals surface area contributed by atoms with E-state index in [-0.39, 0.29) is 12.8 Å². The van der Waals surface area contributed by atoms with Gasteiger partial charge in [0.2, 0.25) is 0 Å². The summed E-state index contributed by atoms with van der Waals surface area (Å²) in [6.07, 6.45) is 6.48. The van der Waals surface area contributed by atoms with Crippen LogP contribution < -0.4 is 16.0 Å². The van der Waals surface area contributed by atoms with E-state index >= 15 is 0 Å². The smallest absolute Gasteiger partial charge is 0.327 e. The molecule has 8 nitrogen and oxygen atoms in total. The molecule has 2 atom stereocenters. The van der Waals surface area contributed by atoms with Crippen LogP contribution in [0, 0.1) is 12.3 Å². The number of unbranched alkanes of at least 4 members (excludes halogenated alkanes) is 1. The second kappa shape index (κ2) is 10.5. The lowest BCUT2D eigenvalue weighted by atomic mass is 10.1. The summed E-state index contributed by atoms with van der Waals surface area (Å²) in [7, 11) is 1.79. The topological polar surface area (TPSA) is 128 Å². The van der Waals surface area contributed by atoms with Crippen LogP contribution in [-0.4, -0.2) is 53.9 Å². The van der Waals surface area contributed by atoms with Crippen molar-refractivity contribution in [3.05, 3.63) is 0 Å². The van der Waals surface area contributed by atoms with Gasteiger partial charge < -0.3 is 26.2 Å². The van der Waals surface area contributed by atoms with Gasteiger partial charge in [0.15, 0.2) is 0 Å². The second-order valence-corrected chi connectivity index (χ2v) is 4.41. The van der Waals surface area contributed by atoms with E-state index in [4.69, 9.17) is 16.6 Å². The highest BCUT2D eigenvalue weighted by Crippen LogP contribution is 2.01. The highest BCUT2D eigenvalue weighted by Gasteiger charge is 2.23. The number of hydrogen-bond acceptors (Lipinski definition) is 4. The number of aliphatic carboxylic acids is 2. The molecule has 0 saturated heterocycles. The third kappa shape index (κ3) is 8.49. The molecule has 0 radical (unpaired) electrons. The summed E-state index contributed by atoms with van der Waals surface area (Å²) in [5, 5.41) is 25.2. The predicted octanol–water partition coefficient (Wildman–Crippen LogP) is -0.395. The van der Waals surface area contributed by atoms with E-state index in [0.717, 1.165) is 13.0 Å². The maximum absolute atomic E-state index is 11.6. The van der Waals surface area contributed by atoms with Crippen molar-refractivity contribution >= 4 is 18.0 Å². The van der Waals surface area contributed by atoms with Gasteiger partial charge in [-0.25, -0.2) is 14.4 Å². The molecule has 0 saturated carbocycles. The summed E-state index contributed by atoms with van der Waals surface area (Å²) in [5.41, 5.74) is 0. The van der Waals surface area contributed by atoms with E-state index in [9.17, 15) is 14.4 Å². The van der Waals surface area contributed by atoms with Crippen LogP contribution in [0.3, 0.4) is 0 Å². The first-order chi connectivity index (χ1) is 9.92. The first kappa shape index (κ1) is 18.7. The van der Waals surface area contributed by atoms with E-state index < -0.39 is 30.1 Å². The monoisotopic (exact) mass is 299 g/mol. The molecule has 118 valence electrons. The molecule has 0 aromatic rings. The quantitative estimate of drug-likeness (QED) is 0.276. The van der Waals surface area contributed by atoms with Crippen LogP contribution in [0.4, 0.5) is 4.79 Å². The minimum atomic E-state index is -1.27. The SMILES string of the molecule is C#CCC(NC(=O)NC(CCCCNC)C(=O)O)C(=O)O. The molecular weight excluding hydrogens is 278 g/mol. The average Bonchev–Trinajstić information content (AvgIpc) is 2.41. The maximum Gasteiger partial charge on any atom is 0.327 e. The van der Waals surface area contributed by atoms with E-state index in [1.54, 1.807) is 7.05 Å². The Balaban J connectivity index is 4.36. The molecule has 0 rings (SSSR count). The number of carboxylic acids is 2. The van der Waals surface area contributed by atoms with Gasteiger partial charge in [0.1, 0.15) is 12.1 Å². The Morgan fingerprint density at radius 2 is 1.67 bits per heavy atom. The van der Waals surface area contributed by atoms with Gasteiger partial charge in [-0.2, -0.15) is 0 Å². The molecule has 21 heavy (non-hydrogen) atoms. The molecule has 2 unspecified atom stereocenters. The predicted molar refractivity (Wildman–Crippen MR) is 75.7 cm³/mol. The lowest BCUT2D eigenvalue weighted by Crippen LogP contribution is -2.51. The third-order valence-corrected chi connectivity index (χ3v) is 2.70. The van der Waals surface area contributed by atoms with Gasteiger partial charge in [-0.1, -0.05) is 0 Å². The van der Waals surface area contributed by atoms with E-state index in [1.165, 1.54) is 0 Å². The van der Waals surface area contributed by atoms with Crippen molar-refractivity contribution in [1.82, 2.24) is 16.0 Å². The number of carbonyl (C=O) groups is 3. The average molecular weight is 299 g/mol. The molecule has 0 aromatic carbocycles. The molecule has 0 fully saturated rings. The molecular formula is C13H21N3O5. The summed E-state index contributed by atoms with van der Waals surface area (Å²) in [5.74, 6) is -0.310. The fourth-order valence-electron chi connectivity index (χ4n) is 1.58. The number of amides is 2. The zero-order chi connectivity index (χ0) is 16.3. The second-order valence-electron chi connectivity index (χ2n) is 4.41. The van der Waals surface area contributed by atoms with Crippen LogP contribution in [-0.2, 0) is 9.59 Å². The Morgan fingerprint density at radius 1 is 1.10 bits per heavy atom. The lowest BCUT2D eigenvalue weighted by Gasteiger charge is -2.17. The van der Waals surface area contributed by atoms with Crippen molar-refractivity contribution < 1.29 is 24.6 Å². The minimum Gasteiger partial charge on any atom is -0.480 e. The summed E-state index contributed by atoms with van der Waals surface area (Å²) in [4.78, 5) is 33.5. The highest BCUT2D eigenvalue weighted by atomic mass is 16.4. The number of nitrogens with one attached hydrogen (secondary N) is 3. The Kier molecular flexibility index (Phi) is 9.37. The van der Waals surface area contributed by atoms with Crippen molar-refractivity contribution in [1.29, 1.82) is 0 Å². The minimum absolute atomic E-state index is 0.178. The molecule has 0 spiro atoms. The third-order valence-electron chi connectivity index (χ3n) is 2.70. The van der Waals surface area contributed by atoms with Gasteiger partial charge in [0.25, 0.3) is 0 Å². The van der Waals surface area contributed by atoms with E-state index in [0.29, 0.717) is 6.42 Å². The number of carboxylic acid groups (broad SMARTS) is 2. The van der Waals surface area contributed by atoms with E-state index in [1.807, 2.05) is 0 Å². The molecule has 0 aromatic heterocycles. The summed E-state index contributed by atoms with van der Waals surface area (Å²) >= 11 is 0. The number of hydrogen-bond donors (Lipinski definition) is 5. The van der Waals surface area contributed by atoms with Crippen molar-refractivity contribution in [3.63, 3.8) is 0 Å². The van der Waals surface area contributed by atoms with Crippen LogP contribution in [0.15, 0.2) is 0 Å². The molecule has 0 heterocycles. The Labute approximate surface area is 123 Å². The zero-order valence-electron chi connectivity index (χ0n) is 11.9. The van der Waals surface area contributed by atoms with Gasteiger partial charge in [-0.15, -0.1) is 12.3 Å². The van der Waals surface area contributed by atoms with Crippen molar-refractivity contribution in [2.75, 3.05) is 13.6 Å². The number of terminal acetylenes is 1. The van der Waals surface area contributed by atoms with Crippen LogP contribution in [0.1, 0.15) is 25.7 Å². The Hall–Kier alpha value is -2.27. The molecule has 8 heteroatoms. The van der Waals surface area contributed by atoms with Gasteiger partial charge >= 0.3 is 18.0 Å². The Morgan fingerprint density at radius 3 is 2.14 bits per heavy atom. The Bertz CT molecular complexity index is 405. The normalized spacial score (nSPS) is 12.8. The maximum atomic E-state index is 11.6. The van der Waals surface area contributed by atoms with Crippen LogP contribution >= 0.6 is 0 Å². The number of rotatable bonds is 10. The summed E-state index contributed by atoms with van der Waals surface area (Å²) in [6, 6.07) is -3.17. The van der Waals surface area contributed by atoms with Crippen molar-refractivity contribution in [2.24, 2.45) is 0 Å². The zero-order valence-corrected chi connectivity index (χ0v) is 11.9. The molecule has 0 aliphatic carbocycles. The molecule has 2 amide bonds. The summed E-state index contributed by atoms with van der Waals surface area (Å²) in [6.45, 7) is 0.752. The standard InChI is InChI=1S/C13H21N3O5/c1-3-6-9(11(17)18)15-13(21)16-10(12(19)20)7-4-5-8-14-2/h1,9-10,14H,4-8H2,2H3,(H,17,18)(H,19,20)(H2,15,16,21). The van der Waals surface area contributed by atoms with Crippen molar-refractivity contribution in [2.45, 2.75) is 37.8 Å². The summed E-state index contributed by atoms with van der Waals surface area (Å²) < 4.78 is 0. The van der Waals surface area contributed by atoms with Gasteiger partial charge in [-0.05, 0) is 32.9 Å². The van der Waals surface area contributed by atoms with Crippen LogP contribution in [0.25, 0.3) is 0 Å². The lowest BCUT2D eigenvalue weighted by molar-refractivity contribution is -0.139. The molecule has 5 N–H and O–H groups in total. The fourth-order valence-corrected chi connectivity index (χ4v) is 1.58. The van der Waals surface area contributed by atoms with E-state index in [2.05, 4.69) is 21.9 Å². The first-order valence-corrected chi connectivity index (χ1v) is 6.53. The largest absolute Gasteiger partial charge is 0.480 e. The number of carbonyl (C=O) groups excluding carboxylic acids is 1. The van der Waals surface area contributed by atoms with Crippen LogP contribution in [0.5, 0.6) is 0 Å². The number of urea groups is 1. The van der Waals surface area contributed by atoms with Crippen LogP contribution in [0.2, 0.25) is 0 Å². The first-order valence-electron chi connectivity index (χ1n) is 6.53. The highest BCUT2D eigenvalue weighted by molar-refractivity contribution is 5.86. The fraction of sp³-hybridized carbons (Fsp3) is 0.615. The molecule has 0 aliphatic rings. The van der Waals surface area contributed by atoms with Gasteiger partial charge in [0, 0.05) is 6.42 Å². The van der Waals surface area contributed by atoms with Gasteiger partial charge in [0.05, 0.1) is 0 Å². The molecule has 0 aliphatic heterocycles. The molecule has 0 bridgehead atoms. The van der Waals surface area contributed by atoms with Gasteiger partial charge in [-0.3, -0.25) is 0 Å².